The van der Waals surface area contributed by atoms with Gasteiger partial charge in [0.15, 0.2) is 0 Å². The van der Waals surface area contributed by atoms with Gasteiger partial charge in [-0.25, -0.2) is 13.4 Å². The van der Waals surface area contributed by atoms with E-state index in [-0.39, 0.29) is 16.0 Å². The third kappa shape index (κ3) is 3.66. The number of nitrogens with one attached hydrogen (secondary N) is 1. The molecule has 0 fully saturated rings. The van der Waals surface area contributed by atoms with Crippen LogP contribution in [0.2, 0.25) is 5.15 Å². The predicted molar refractivity (Wildman–Crippen MR) is 67.4 cm³/mol. The number of primary amides is 1. The standard InChI is InChI=1S/C10H14ClN3O3S/c1-6(2)9(10(12)15)14-18(16,17)7-3-4-8(11)13-5-7/h3-6,9,14H,1-2H3,(H2,12,15). The molecule has 0 aliphatic carbocycles. The van der Waals surface area contributed by atoms with Crippen LogP contribution in [0.5, 0.6) is 0 Å². The van der Waals surface area contributed by atoms with E-state index >= 15 is 0 Å². The highest BCUT2D eigenvalue weighted by molar-refractivity contribution is 7.89. The second-order valence-corrected chi connectivity index (χ2v) is 6.16. The molecule has 0 aliphatic heterocycles. The Morgan fingerprint density at radius 1 is 1.44 bits per heavy atom. The van der Waals surface area contributed by atoms with E-state index in [4.69, 9.17) is 17.3 Å². The first-order valence-electron chi connectivity index (χ1n) is 5.17. The normalized spacial score (nSPS) is 13.6. The largest absolute Gasteiger partial charge is 0.368 e. The van der Waals surface area contributed by atoms with E-state index in [0.717, 1.165) is 6.20 Å². The maximum Gasteiger partial charge on any atom is 0.242 e. The molecule has 1 atom stereocenters. The van der Waals surface area contributed by atoms with Gasteiger partial charge in [-0.05, 0) is 18.1 Å². The lowest BCUT2D eigenvalue weighted by atomic mass is 10.1. The second kappa shape index (κ2) is 5.64. The third-order valence-corrected chi connectivity index (χ3v) is 3.92. The van der Waals surface area contributed by atoms with Crippen LogP contribution in [0.3, 0.4) is 0 Å². The van der Waals surface area contributed by atoms with Crippen molar-refractivity contribution in [3.63, 3.8) is 0 Å². The van der Waals surface area contributed by atoms with Crippen molar-refractivity contribution in [1.29, 1.82) is 0 Å². The van der Waals surface area contributed by atoms with E-state index in [0.29, 0.717) is 0 Å². The van der Waals surface area contributed by atoms with E-state index in [1.165, 1.54) is 12.1 Å². The van der Waals surface area contributed by atoms with Gasteiger partial charge in [0.05, 0.1) is 0 Å². The molecule has 6 nitrogen and oxygen atoms in total. The molecule has 0 spiro atoms. The van der Waals surface area contributed by atoms with Crippen LogP contribution in [0.25, 0.3) is 0 Å². The number of amides is 1. The number of halogens is 1. The minimum atomic E-state index is -3.84. The number of carbonyl (C=O) groups is 1. The number of aromatic nitrogens is 1. The van der Waals surface area contributed by atoms with Crippen LogP contribution in [-0.2, 0) is 14.8 Å². The summed E-state index contributed by atoms with van der Waals surface area (Å²) in [6.45, 7) is 3.39. The van der Waals surface area contributed by atoms with Gasteiger partial charge in [-0.3, -0.25) is 4.79 Å². The van der Waals surface area contributed by atoms with E-state index in [2.05, 4.69) is 9.71 Å². The molecule has 1 rings (SSSR count). The first-order chi connectivity index (χ1) is 8.24. The molecule has 0 radical (unpaired) electrons. The van der Waals surface area contributed by atoms with Gasteiger partial charge < -0.3 is 5.73 Å². The van der Waals surface area contributed by atoms with E-state index in [1.807, 2.05) is 0 Å². The molecule has 0 aliphatic rings. The summed E-state index contributed by atoms with van der Waals surface area (Å²) in [7, 11) is -3.84. The van der Waals surface area contributed by atoms with Gasteiger partial charge in [0.2, 0.25) is 15.9 Å². The summed E-state index contributed by atoms with van der Waals surface area (Å²) >= 11 is 5.57. The average molecular weight is 292 g/mol. The number of hydrogen-bond donors (Lipinski definition) is 2. The lowest BCUT2D eigenvalue weighted by molar-refractivity contribution is -0.120. The summed E-state index contributed by atoms with van der Waals surface area (Å²) in [6, 6.07) is 1.69. The lowest BCUT2D eigenvalue weighted by Gasteiger charge is -2.18. The average Bonchev–Trinajstić information content (AvgIpc) is 2.26. The fourth-order valence-electron chi connectivity index (χ4n) is 1.28. The Kier molecular flexibility index (Phi) is 4.66. The number of nitrogens with zero attached hydrogens (tertiary/aromatic N) is 1. The fourth-order valence-corrected chi connectivity index (χ4v) is 2.69. The minimum absolute atomic E-state index is 0.0706. The molecule has 3 N–H and O–H groups in total. The SMILES string of the molecule is CC(C)C(NS(=O)(=O)c1ccc(Cl)nc1)C(N)=O. The van der Waals surface area contributed by atoms with Crippen LogP contribution in [0, 0.1) is 5.92 Å². The predicted octanol–water partition coefficient (Wildman–Crippen LogP) is 0.523. The quantitative estimate of drug-likeness (QED) is 0.772. The van der Waals surface area contributed by atoms with Gasteiger partial charge >= 0.3 is 0 Å². The summed E-state index contributed by atoms with van der Waals surface area (Å²) in [5, 5.41) is 0.185. The van der Waals surface area contributed by atoms with Gasteiger partial charge in [0.25, 0.3) is 0 Å². The van der Waals surface area contributed by atoms with Crippen LogP contribution in [-0.4, -0.2) is 25.4 Å². The molecule has 0 bridgehead atoms. The number of hydrogen-bond acceptors (Lipinski definition) is 4. The van der Waals surface area contributed by atoms with Crippen molar-refractivity contribution in [3.05, 3.63) is 23.5 Å². The molecule has 18 heavy (non-hydrogen) atoms. The summed E-state index contributed by atoms with van der Waals surface area (Å²) in [4.78, 5) is 14.8. The lowest BCUT2D eigenvalue weighted by Crippen LogP contribution is -2.47. The zero-order valence-electron chi connectivity index (χ0n) is 9.92. The molecule has 1 amide bonds. The Balaban J connectivity index is 3.01. The number of rotatable bonds is 5. The van der Waals surface area contributed by atoms with Crippen LogP contribution < -0.4 is 10.5 Å². The zero-order chi connectivity index (χ0) is 13.9. The Hall–Kier alpha value is -1.18. The Labute approximate surface area is 111 Å². The van der Waals surface area contributed by atoms with Crippen molar-refractivity contribution in [2.75, 3.05) is 0 Å². The highest BCUT2D eigenvalue weighted by Gasteiger charge is 2.26. The number of sulfonamides is 1. The Morgan fingerprint density at radius 2 is 2.06 bits per heavy atom. The molecule has 0 saturated heterocycles. The Morgan fingerprint density at radius 3 is 2.44 bits per heavy atom. The highest BCUT2D eigenvalue weighted by atomic mass is 35.5. The van der Waals surface area contributed by atoms with Crippen molar-refractivity contribution >= 4 is 27.5 Å². The minimum Gasteiger partial charge on any atom is -0.368 e. The molecular weight excluding hydrogens is 278 g/mol. The maximum atomic E-state index is 12.0. The van der Waals surface area contributed by atoms with Crippen molar-refractivity contribution < 1.29 is 13.2 Å². The zero-order valence-corrected chi connectivity index (χ0v) is 11.5. The number of carbonyl (C=O) groups excluding carboxylic acids is 1. The highest BCUT2D eigenvalue weighted by Crippen LogP contribution is 2.12. The first kappa shape index (κ1) is 14.9. The van der Waals surface area contributed by atoms with Crippen molar-refractivity contribution in [2.45, 2.75) is 24.8 Å². The van der Waals surface area contributed by atoms with E-state index in [9.17, 15) is 13.2 Å². The molecule has 1 unspecified atom stereocenters. The molecule has 0 saturated carbocycles. The van der Waals surface area contributed by atoms with E-state index in [1.54, 1.807) is 13.8 Å². The summed E-state index contributed by atoms with van der Waals surface area (Å²) < 4.78 is 26.2. The summed E-state index contributed by atoms with van der Waals surface area (Å²) in [5.41, 5.74) is 5.14. The maximum absolute atomic E-state index is 12.0. The number of pyridine rings is 1. The molecule has 1 aromatic heterocycles. The molecule has 1 heterocycles. The van der Waals surface area contributed by atoms with Gasteiger partial charge in [-0.2, -0.15) is 4.72 Å². The fraction of sp³-hybridized carbons (Fsp3) is 0.400. The molecule has 0 aromatic carbocycles. The van der Waals surface area contributed by atoms with Crippen LogP contribution in [0.15, 0.2) is 23.2 Å². The van der Waals surface area contributed by atoms with Crippen LogP contribution in [0.1, 0.15) is 13.8 Å². The third-order valence-electron chi connectivity index (χ3n) is 2.27. The molecule has 100 valence electrons. The first-order valence-corrected chi connectivity index (χ1v) is 7.03. The van der Waals surface area contributed by atoms with Gasteiger partial charge in [-0.1, -0.05) is 25.4 Å². The van der Waals surface area contributed by atoms with E-state index < -0.39 is 22.0 Å². The van der Waals surface area contributed by atoms with Gasteiger partial charge in [0.1, 0.15) is 16.1 Å². The number of nitrogens with two attached hydrogens (primary N) is 1. The monoisotopic (exact) mass is 291 g/mol. The molecule has 8 heteroatoms. The van der Waals surface area contributed by atoms with Crippen LogP contribution >= 0.6 is 11.6 Å². The van der Waals surface area contributed by atoms with Gasteiger partial charge in [0, 0.05) is 6.20 Å². The molecular formula is C10H14ClN3O3S. The van der Waals surface area contributed by atoms with Crippen LogP contribution in [0.4, 0.5) is 0 Å². The van der Waals surface area contributed by atoms with Crippen molar-refractivity contribution in [2.24, 2.45) is 11.7 Å². The second-order valence-electron chi connectivity index (χ2n) is 4.06. The summed E-state index contributed by atoms with van der Waals surface area (Å²) in [6.07, 6.45) is 1.11. The van der Waals surface area contributed by atoms with Crippen molar-refractivity contribution in [3.8, 4) is 0 Å². The molecule has 1 aromatic rings. The van der Waals surface area contributed by atoms with Gasteiger partial charge in [-0.15, -0.1) is 0 Å². The topological polar surface area (TPSA) is 102 Å². The Bertz CT molecular complexity index is 528. The van der Waals surface area contributed by atoms with Crippen molar-refractivity contribution in [1.82, 2.24) is 9.71 Å². The smallest absolute Gasteiger partial charge is 0.242 e. The summed E-state index contributed by atoms with van der Waals surface area (Å²) in [5.74, 6) is -0.979.